The monoisotopic (exact) mass is 278 g/mol. The minimum Gasteiger partial charge on any atom is -0.477 e. The van der Waals surface area contributed by atoms with Crippen molar-refractivity contribution in [1.29, 1.82) is 0 Å². The number of nitrogens with zero attached hydrogens (tertiary/aromatic N) is 2. The summed E-state index contributed by atoms with van der Waals surface area (Å²) in [5.74, 6) is -0.916. The Balaban J connectivity index is 2.41. The highest BCUT2D eigenvalue weighted by Crippen LogP contribution is 2.22. The number of hydrogen-bond donors (Lipinski definition) is 1. The summed E-state index contributed by atoms with van der Waals surface area (Å²) in [4.78, 5) is 11.1. The van der Waals surface area contributed by atoms with E-state index in [1.54, 1.807) is 6.08 Å². The molecule has 0 aliphatic heterocycles. The van der Waals surface area contributed by atoms with Gasteiger partial charge in [0.15, 0.2) is 0 Å². The summed E-state index contributed by atoms with van der Waals surface area (Å²) in [7, 11) is 0. The van der Waals surface area contributed by atoms with Gasteiger partial charge in [0.2, 0.25) is 5.88 Å². The Kier molecular flexibility index (Phi) is 4.20. The van der Waals surface area contributed by atoms with Crippen molar-refractivity contribution >= 4 is 17.6 Å². The number of rotatable bonds is 5. The van der Waals surface area contributed by atoms with Crippen molar-refractivity contribution in [3.8, 4) is 11.6 Å². The number of aromatic carboxylic acids is 1. The van der Waals surface area contributed by atoms with E-state index in [0.29, 0.717) is 0 Å². The number of halogens is 1. The van der Waals surface area contributed by atoms with Gasteiger partial charge in [0, 0.05) is 5.54 Å². The van der Waals surface area contributed by atoms with Gasteiger partial charge in [0.05, 0.1) is 11.9 Å². The first-order valence-corrected chi connectivity index (χ1v) is 5.92. The number of carboxylic acids is 1. The lowest BCUT2D eigenvalue weighted by Crippen LogP contribution is -2.06. The van der Waals surface area contributed by atoms with Crippen LogP contribution in [0.1, 0.15) is 10.4 Å². The van der Waals surface area contributed by atoms with Gasteiger partial charge in [-0.05, 0) is 18.2 Å². The molecule has 19 heavy (non-hydrogen) atoms. The molecule has 0 aliphatic rings. The van der Waals surface area contributed by atoms with Gasteiger partial charge in [-0.1, -0.05) is 29.8 Å². The van der Waals surface area contributed by atoms with E-state index in [1.165, 1.54) is 16.4 Å². The zero-order valence-corrected chi connectivity index (χ0v) is 10.6. The third kappa shape index (κ3) is 2.95. The molecule has 1 heterocycles. The quantitative estimate of drug-likeness (QED) is 0.913. The van der Waals surface area contributed by atoms with Crippen LogP contribution in [0.2, 0.25) is 0 Å². The average molecular weight is 279 g/mol. The highest BCUT2D eigenvalue weighted by molar-refractivity contribution is 6.25. The molecule has 0 radical (unpaired) electrons. The lowest BCUT2D eigenvalue weighted by molar-refractivity contribution is 0.0692. The fourth-order valence-electron chi connectivity index (χ4n) is 1.54. The van der Waals surface area contributed by atoms with Crippen molar-refractivity contribution in [2.24, 2.45) is 0 Å². The molecule has 0 bridgehead atoms. The number of ether oxygens (including phenoxy) is 1. The minimum atomic E-state index is -1.09. The van der Waals surface area contributed by atoms with Crippen LogP contribution in [-0.4, -0.2) is 27.5 Å². The van der Waals surface area contributed by atoms with Gasteiger partial charge in [-0.3, -0.25) is 0 Å². The zero-order valence-electron chi connectivity index (χ0n) is 9.86. The van der Waals surface area contributed by atoms with Crippen LogP contribution in [0.25, 0.3) is 5.69 Å². The zero-order chi connectivity index (χ0) is 13.7. The summed E-state index contributed by atoms with van der Waals surface area (Å²) in [6.45, 7) is 0.169. The van der Waals surface area contributed by atoms with E-state index in [1.807, 2.05) is 30.3 Å². The van der Waals surface area contributed by atoms with Crippen LogP contribution >= 0.6 is 11.6 Å². The second-order valence-corrected chi connectivity index (χ2v) is 3.84. The highest BCUT2D eigenvalue weighted by atomic mass is 35.5. The van der Waals surface area contributed by atoms with Crippen LogP contribution in [0.4, 0.5) is 0 Å². The van der Waals surface area contributed by atoms with Crippen molar-refractivity contribution in [3.63, 3.8) is 0 Å². The van der Waals surface area contributed by atoms with Crippen LogP contribution in [0.5, 0.6) is 5.88 Å². The number of carbonyl (C=O) groups is 1. The summed E-state index contributed by atoms with van der Waals surface area (Å²) in [6.07, 6.45) is 2.82. The summed E-state index contributed by atoms with van der Waals surface area (Å²) < 4.78 is 6.85. The number of para-hydroxylation sites is 1. The molecular formula is C13H11ClN2O3. The second-order valence-electron chi connectivity index (χ2n) is 3.59. The molecule has 0 saturated heterocycles. The summed E-state index contributed by atoms with van der Waals surface area (Å²) in [6, 6.07) is 9.15. The number of hydrogen-bond acceptors (Lipinski definition) is 3. The van der Waals surface area contributed by atoms with Gasteiger partial charge in [-0.25, -0.2) is 9.48 Å². The van der Waals surface area contributed by atoms with Crippen molar-refractivity contribution in [2.45, 2.75) is 0 Å². The standard InChI is InChI=1S/C13H11ClN2O3/c14-7-4-8-19-12-11(13(17)18)9-15-16(12)10-5-2-1-3-6-10/h1-7,9H,8H2,(H,17,18)/b7-4+. The van der Waals surface area contributed by atoms with Crippen LogP contribution in [0.3, 0.4) is 0 Å². The van der Waals surface area contributed by atoms with Crippen molar-refractivity contribution in [1.82, 2.24) is 9.78 Å². The fourth-order valence-corrected chi connectivity index (χ4v) is 1.61. The number of aromatic nitrogens is 2. The first-order valence-electron chi connectivity index (χ1n) is 5.49. The fraction of sp³-hybridized carbons (Fsp3) is 0.0769. The molecule has 0 saturated carbocycles. The Bertz CT molecular complexity index is 593. The average Bonchev–Trinajstić information content (AvgIpc) is 2.84. The molecule has 0 fully saturated rings. The summed E-state index contributed by atoms with van der Waals surface area (Å²) >= 11 is 5.40. The van der Waals surface area contributed by atoms with E-state index in [9.17, 15) is 4.79 Å². The molecule has 98 valence electrons. The van der Waals surface area contributed by atoms with Gasteiger partial charge in [0.1, 0.15) is 12.2 Å². The van der Waals surface area contributed by atoms with Crippen molar-refractivity contribution < 1.29 is 14.6 Å². The Morgan fingerprint density at radius 3 is 2.79 bits per heavy atom. The first-order chi connectivity index (χ1) is 9.24. The molecule has 0 unspecified atom stereocenters. The molecule has 1 aromatic heterocycles. The molecular weight excluding hydrogens is 268 g/mol. The molecule has 1 aromatic carbocycles. The Hall–Kier alpha value is -2.27. The van der Waals surface area contributed by atoms with Crippen LogP contribution in [0.15, 0.2) is 48.1 Å². The molecule has 0 amide bonds. The molecule has 1 N–H and O–H groups in total. The lowest BCUT2D eigenvalue weighted by atomic mass is 10.3. The van der Waals surface area contributed by atoms with E-state index in [2.05, 4.69) is 5.10 Å². The smallest absolute Gasteiger partial charge is 0.342 e. The maximum atomic E-state index is 11.1. The Morgan fingerprint density at radius 1 is 1.42 bits per heavy atom. The number of benzene rings is 1. The summed E-state index contributed by atoms with van der Waals surface area (Å²) in [5, 5.41) is 13.1. The third-order valence-corrected chi connectivity index (χ3v) is 2.54. The van der Waals surface area contributed by atoms with Crippen LogP contribution in [0, 0.1) is 0 Å². The Labute approximate surface area is 114 Å². The normalized spacial score (nSPS) is 10.8. The van der Waals surface area contributed by atoms with Gasteiger partial charge >= 0.3 is 5.97 Å². The van der Waals surface area contributed by atoms with Gasteiger partial charge < -0.3 is 9.84 Å². The maximum absolute atomic E-state index is 11.1. The third-order valence-electron chi connectivity index (χ3n) is 2.36. The van der Waals surface area contributed by atoms with Crippen molar-refractivity contribution in [2.75, 3.05) is 6.61 Å². The van der Waals surface area contributed by atoms with E-state index in [-0.39, 0.29) is 18.1 Å². The van der Waals surface area contributed by atoms with Gasteiger partial charge in [0.25, 0.3) is 0 Å². The minimum absolute atomic E-state index is 0.00632. The maximum Gasteiger partial charge on any atom is 0.342 e. The molecule has 5 nitrogen and oxygen atoms in total. The van der Waals surface area contributed by atoms with Gasteiger partial charge in [-0.15, -0.1) is 0 Å². The van der Waals surface area contributed by atoms with Crippen LogP contribution < -0.4 is 4.74 Å². The second kappa shape index (κ2) is 6.06. The molecule has 6 heteroatoms. The van der Waals surface area contributed by atoms with Crippen molar-refractivity contribution in [3.05, 3.63) is 53.7 Å². The number of carboxylic acid groups (broad SMARTS) is 1. The van der Waals surface area contributed by atoms with E-state index >= 15 is 0 Å². The van der Waals surface area contributed by atoms with Gasteiger partial charge in [-0.2, -0.15) is 5.10 Å². The van der Waals surface area contributed by atoms with E-state index in [0.717, 1.165) is 5.69 Å². The molecule has 0 atom stereocenters. The molecule has 0 spiro atoms. The highest BCUT2D eigenvalue weighted by Gasteiger charge is 2.18. The van der Waals surface area contributed by atoms with E-state index in [4.69, 9.17) is 21.4 Å². The predicted molar refractivity (Wildman–Crippen MR) is 71.0 cm³/mol. The largest absolute Gasteiger partial charge is 0.477 e. The molecule has 0 aliphatic carbocycles. The Morgan fingerprint density at radius 2 is 2.16 bits per heavy atom. The first kappa shape index (κ1) is 13.2. The summed E-state index contributed by atoms with van der Waals surface area (Å²) in [5.41, 5.74) is 2.04. The topological polar surface area (TPSA) is 64.3 Å². The molecule has 2 rings (SSSR count). The van der Waals surface area contributed by atoms with E-state index < -0.39 is 5.97 Å². The lowest BCUT2D eigenvalue weighted by Gasteiger charge is -2.08. The molecule has 2 aromatic rings. The predicted octanol–water partition coefficient (Wildman–Crippen LogP) is 2.70. The van der Waals surface area contributed by atoms with Crippen LogP contribution in [-0.2, 0) is 0 Å². The SMILES string of the molecule is O=C(O)c1cnn(-c2ccccc2)c1OC/C=C/Cl.